The van der Waals surface area contributed by atoms with Gasteiger partial charge in [-0.15, -0.1) is 11.3 Å². The summed E-state index contributed by atoms with van der Waals surface area (Å²) >= 11 is 5.39. The predicted molar refractivity (Wildman–Crippen MR) is 88.4 cm³/mol. The SMILES string of the molecule is CC(C)NC(c1ccc(Br)cc1)c1nc2c(s1)CCC2. The van der Waals surface area contributed by atoms with E-state index >= 15 is 0 Å². The summed E-state index contributed by atoms with van der Waals surface area (Å²) < 4.78 is 1.12. The van der Waals surface area contributed by atoms with Crippen molar-refractivity contribution >= 4 is 27.3 Å². The molecule has 3 rings (SSSR count). The summed E-state index contributed by atoms with van der Waals surface area (Å²) in [5.41, 5.74) is 2.62. The van der Waals surface area contributed by atoms with Crippen LogP contribution in [0.3, 0.4) is 0 Å². The van der Waals surface area contributed by atoms with Crippen LogP contribution in [0.5, 0.6) is 0 Å². The number of nitrogens with one attached hydrogen (secondary N) is 1. The second-order valence-electron chi connectivity index (χ2n) is 5.58. The molecule has 2 nitrogen and oxygen atoms in total. The zero-order valence-corrected chi connectivity index (χ0v) is 14.2. The maximum Gasteiger partial charge on any atom is 0.115 e. The van der Waals surface area contributed by atoms with Crippen molar-refractivity contribution in [1.82, 2.24) is 10.3 Å². The Labute approximate surface area is 132 Å². The molecule has 4 heteroatoms. The quantitative estimate of drug-likeness (QED) is 0.878. The summed E-state index contributed by atoms with van der Waals surface area (Å²) in [5.74, 6) is 0. The number of rotatable bonds is 4. The largest absolute Gasteiger partial charge is 0.302 e. The summed E-state index contributed by atoms with van der Waals surface area (Å²) in [5, 5.41) is 4.87. The lowest BCUT2D eigenvalue weighted by atomic mass is 10.1. The number of hydrogen-bond donors (Lipinski definition) is 1. The van der Waals surface area contributed by atoms with Crippen molar-refractivity contribution in [3.63, 3.8) is 0 Å². The van der Waals surface area contributed by atoms with Gasteiger partial charge in [-0.25, -0.2) is 4.98 Å². The molecule has 1 N–H and O–H groups in total. The second-order valence-corrected chi connectivity index (χ2v) is 7.61. The first kappa shape index (κ1) is 14.2. The van der Waals surface area contributed by atoms with Crippen LogP contribution in [0.25, 0.3) is 0 Å². The Balaban J connectivity index is 1.94. The number of aromatic nitrogens is 1. The van der Waals surface area contributed by atoms with Gasteiger partial charge < -0.3 is 5.32 Å². The molecule has 0 aliphatic heterocycles. The molecule has 1 aromatic carbocycles. The molecule has 1 unspecified atom stereocenters. The molecule has 0 radical (unpaired) electrons. The van der Waals surface area contributed by atoms with Gasteiger partial charge in [-0.05, 0) is 50.8 Å². The first-order valence-electron chi connectivity index (χ1n) is 7.13. The summed E-state index contributed by atoms with van der Waals surface area (Å²) in [4.78, 5) is 6.38. The van der Waals surface area contributed by atoms with E-state index in [1.807, 2.05) is 11.3 Å². The summed E-state index contributed by atoms with van der Waals surface area (Å²) in [7, 11) is 0. The third kappa shape index (κ3) is 2.97. The fourth-order valence-electron chi connectivity index (χ4n) is 2.63. The van der Waals surface area contributed by atoms with Crippen molar-refractivity contribution in [2.45, 2.75) is 45.2 Å². The van der Waals surface area contributed by atoms with Crippen molar-refractivity contribution < 1.29 is 0 Å². The molecule has 106 valence electrons. The normalized spacial score (nSPS) is 15.6. The molecule has 20 heavy (non-hydrogen) atoms. The summed E-state index contributed by atoms with van der Waals surface area (Å²) in [6.45, 7) is 4.38. The first-order valence-corrected chi connectivity index (χ1v) is 8.74. The third-order valence-electron chi connectivity index (χ3n) is 3.56. The van der Waals surface area contributed by atoms with Gasteiger partial charge in [-0.1, -0.05) is 28.1 Å². The topological polar surface area (TPSA) is 24.9 Å². The molecule has 1 atom stereocenters. The zero-order valence-electron chi connectivity index (χ0n) is 11.8. The number of thiazole rings is 1. The van der Waals surface area contributed by atoms with Crippen LogP contribution in [0, 0.1) is 0 Å². The Morgan fingerprint density at radius 2 is 1.95 bits per heavy atom. The van der Waals surface area contributed by atoms with Gasteiger partial charge in [0.05, 0.1) is 11.7 Å². The van der Waals surface area contributed by atoms with Gasteiger partial charge in [0, 0.05) is 15.4 Å². The van der Waals surface area contributed by atoms with Gasteiger partial charge in [0.1, 0.15) is 5.01 Å². The molecule has 2 aromatic rings. The van der Waals surface area contributed by atoms with Gasteiger partial charge in [-0.3, -0.25) is 0 Å². The van der Waals surface area contributed by atoms with Crippen molar-refractivity contribution in [3.05, 3.63) is 49.9 Å². The standard InChI is InChI=1S/C16H19BrN2S/c1-10(2)18-15(11-6-8-12(17)9-7-11)16-19-13-4-3-5-14(13)20-16/h6-10,15,18H,3-5H2,1-2H3. The van der Waals surface area contributed by atoms with Crippen molar-refractivity contribution in [2.24, 2.45) is 0 Å². The number of aryl methyl sites for hydroxylation is 2. The number of hydrogen-bond acceptors (Lipinski definition) is 3. The van der Waals surface area contributed by atoms with E-state index in [9.17, 15) is 0 Å². The number of benzene rings is 1. The van der Waals surface area contributed by atoms with E-state index in [1.54, 1.807) is 0 Å². The van der Waals surface area contributed by atoms with Crippen LogP contribution in [-0.2, 0) is 12.8 Å². The lowest BCUT2D eigenvalue weighted by molar-refractivity contribution is 0.526. The molecule has 0 saturated heterocycles. The highest BCUT2D eigenvalue weighted by Crippen LogP contribution is 2.33. The van der Waals surface area contributed by atoms with Crippen LogP contribution in [0.2, 0.25) is 0 Å². The van der Waals surface area contributed by atoms with Gasteiger partial charge in [-0.2, -0.15) is 0 Å². The number of fused-ring (bicyclic) bond motifs is 1. The highest BCUT2D eigenvalue weighted by Gasteiger charge is 2.23. The smallest absolute Gasteiger partial charge is 0.115 e. The average Bonchev–Trinajstić information content (AvgIpc) is 2.97. The van der Waals surface area contributed by atoms with Crippen LogP contribution in [0.1, 0.15) is 47.5 Å². The number of nitrogens with zero attached hydrogens (tertiary/aromatic N) is 1. The van der Waals surface area contributed by atoms with Crippen molar-refractivity contribution in [3.8, 4) is 0 Å². The minimum absolute atomic E-state index is 0.207. The van der Waals surface area contributed by atoms with E-state index in [0.29, 0.717) is 6.04 Å². The first-order chi connectivity index (χ1) is 9.63. The molecule has 1 aliphatic carbocycles. The molecule has 0 bridgehead atoms. The molecule has 1 heterocycles. The summed E-state index contributed by atoms with van der Waals surface area (Å²) in [6.07, 6.45) is 3.64. The zero-order chi connectivity index (χ0) is 14.1. The molecule has 1 aromatic heterocycles. The Bertz CT molecular complexity index is 568. The molecule has 0 amide bonds. The maximum absolute atomic E-state index is 4.89. The van der Waals surface area contributed by atoms with Gasteiger partial charge >= 0.3 is 0 Å². The van der Waals surface area contributed by atoms with E-state index < -0.39 is 0 Å². The Hall–Kier alpha value is -0.710. The summed E-state index contributed by atoms with van der Waals surface area (Å²) in [6, 6.07) is 9.20. The highest BCUT2D eigenvalue weighted by molar-refractivity contribution is 9.10. The lowest BCUT2D eigenvalue weighted by Crippen LogP contribution is -2.28. The van der Waals surface area contributed by atoms with E-state index in [1.165, 1.54) is 34.0 Å². The van der Waals surface area contributed by atoms with Crippen LogP contribution < -0.4 is 5.32 Å². The van der Waals surface area contributed by atoms with E-state index in [2.05, 4.69) is 59.4 Å². The minimum atomic E-state index is 0.207. The van der Waals surface area contributed by atoms with Crippen molar-refractivity contribution in [1.29, 1.82) is 0 Å². The minimum Gasteiger partial charge on any atom is -0.302 e. The van der Waals surface area contributed by atoms with E-state index in [0.717, 1.165) is 10.9 Å². The Morgan fingerprint density at radius 3 is 2.60 bits per heavy atom. The number of halogens is 1. The Morgan fingerprint density at radius 1 is 1.20 bits per heavy atom. The highest BCUT2D eigenvalue weighted by atomic mass is 79.9. The van der Waals surface area contributed by atoms with Gasteiger partial charge in [0.25, 0.3) is 0 Å². The average molecular weight is 351 g/mol. The van der Waals surface area contributed by atoms with E-state index in [4.69, 9.17) is 4.98 Å². The second kappa shape index (κ2) is 5.96. The molecule has 0 spiro atoms. The third-order valence-corrected chi connectivity index (χ3v) is 5.31. The Kier molecular flexibility index (Phi) is 4.24. The van der Waals surface area contributed by atoms with Crippen molar-refractivity contribution in [2.75, 3.05) is 0 Å². The maximum atomic E-state index is 4.89. The van der Waals surface area contributed by atoms with Crippen LogP contribution in [0.15, 0.2) is 28.7 Å². The fraction of sp³-hybridized carbons (Fsp3) is 0.438. The van der Waals surface area contributed by atoms with Crippen LogP contribution in [0.4, 0.5) is 0 Å². The predicted octanol–water partition coefficient (Wildman–Crippen LogP) is 4.48. The van der Waals surface area contributed by atoms with Crippen LogP contribution >= 0.6 is 27.3 Å². The molecule has 0 saturated carbocycles. The lowest BCUT2D eigenvalue weighted by Gasteiger charge is -2.20. The van der Waals surface area contributed by atoms with Crippen LogP contribution in [-0.4, -0.2) is 11.0 Å². The van der Waals surface area contributed by atoms with Gasteiger partial charge in [0.15, 0.2) is 0 Å². The van der Waals surface area contributed by atoms with E-state index in [-0.39, 0.29) is 6.04 Å². The molecular weight excluding hydrogens is 332 g/mol. The monoisotopic (exact) mass is 350 g/mol. The molecule has 1 aliphatic rings. The van der Waals surface area contributed by atoms with Gasteiger partial charge in [0.2, 0.25) is 0 Å². The molecular formula is C16H19BrN2S. The molecule has 0 fully saturated rings. The fourth-order valence-corrected chi connectivity index (χ4v) is 4.14.